The number of ether oxygens (including phenoxy) is 1. The van der Waals surface area contributed by atoms with Crippen LogP contribution in [-0.2, 0) is 27.1 Å². The predicted octanol–water partition coefficient (Wildman–Crippen LogP) is 7.22. The Morgan fingerprint density at radius 3 is 2.41 bits per heavy atom. The van der Waals surface area contributed by atoms with Crippen LogP contribution in [0.25, 0.3) is 11.3 Å². The van der Waals surface area contributed by atoms with Gasteiger partial charge >= 0.3 is 5.97 Å². The van der Waals surface area contributed by atoms with E-state index in [1.165, 1.54) is 37.7 Å². The fourth-order valence-electron chi connectivity index (χ4n) is 6.35. The van der Waals surface area contributed by atoms with Crippen molar-refractivity contribution >= 4 is 23.5 Å². The van der Waals surface area contributed by atoms with Gasteiger partial charge in [0.05, 0.1) is 27.8 Å². The van der Waals surface area contributed by atoms with Crippen LogP contribution in [0, 0.1) is 18.8 Å². The number of aliphatic carboxylic acids is 1. The Kier molecular flexibility index (Phi) is 7.66. The van der Waals surface area contributed by atoms with Crippen molar-refractivity contribution in [3.63, 3.8) is 0 Å². The lowest BCUT2D eigenvalue weighted by atomic mass is 9.80. The summed E-state index contributed by atoms with van der Waals surface area (Å²) in [6.07, 6.45) is 9.40. The van der Waals surface area contributed by atoms with Gasteiger partial charge in [-0.2, -0.15) is 0 Å². The molecule has 212 valence electrons. The van der Waals surface area contributed by atoms with E-state index < -0.39 is 11.6 Å². The third-order valence-corrected chi connectivity index (χ3v) is 10.2. The van der Waals surface area contributed by atoms with Gasteiger partial charge in [0, 0.05) is 31.0 Å². The molecule has 0 aliphatic heterocycles. The van der Waals surface area contributed by atoms with Gasteiger partial charge in [-0.15, -0.1) is 0 Å². The molecule has 0 atom stereocenters. The Labute approximate surface area is 237 Å². The lowest BCUT2D eigenvalue weighted by molar-refractivity contribution is -0.145. The number of nitrogens with zero attached hydrogens (tertiary/aromatic N) is 1. The standard InChI is InChI=1S/C32H43ClN2O4/c1-19-26(29(36)34-25-15-22(16-25)30(37)38)27(33)28(35(19)18-20-9-7-6-8-10-20)21-13-23(31(2,3)39-5)17-24(14-21)32(4)11-12-32/h13-14,17,20,22,25H,6-12,15-16,18H2,1-5H3,(H,34,36)(H,37,38)/t22-,25-. The van der Waals surface area contributed by atoms with E-state index in [2.05, 4.69) is 48.9 Å². The Balaban J connectivity index is 1.58. The number of amides is 1. The molecule has 1 heterocycles. The molecule has 1 aromatic carbocycles. The topological polar surface area (TPSA) is 80.6 Å². The van der Waals surface area contributed by atoms with Gasteiger partial charge in [0.15, 0.2) is 0 Å². The average Bonchev–Trinajstić information content (AvgIpc) is 3.58. The van der Waals surface area contributed by atoms with Crippen molar-refractivity contribution in [2.75, 3.05) is 7.11 Å². The van der Waals surface area contributed by atoms with Crippen LogP contribution in [0.3, 0.4) is 0 Å². The van der Waals surface area contributed by atoms with Crippen molar-refractivity contribution in [2.24, 2.45) is 11.8 Å². The maximum Gasteiger partial charge on any atom is 0.306 e. The molecular weight excluding hydrogens is 512 g/mol. The summed E-state index contributed by atoms with van der Waals surface area (Å²) in [7, 11) is 1.74. The number of carbonyl (C=O) groups is 2. The van der Waals surface area contributed by atoms with Crippen molar-refractivity contribution < 1.29 is 19.4 Å². The van der Waals surface area contributed by atoms with Crippen molar-refractivity contribution in [3.05, 3.63) is 45.6 Å². The van der Waals surface area contributed by atoms with Gasteiger partial charge in [-0.05, 0) is 93.9 Å². The molecule has 0 radical (unpaired) electrons. The van der Waals surface area contributed by atoms with Crippen molar-refractivity contribution in [2.45, 2.75) is 109 Å². The number of carboxylic acid groups (broad SMARTS) is 1. The van der Waals surface area contributed by atoms with Crippen molar-refractivity contribution in [1.82, 2.24) is 9.88 Å². The van der Waals surface area contributed by atoms with E-state index in [9.17, 15) is 14.7 Å². The van der Waals surface area contributed by atoms with Crippen LogP contribution in [0.5, 0.6) is 0 Å². The second kappa shape index (κ2) is 10.6. The van der Waals surface area contributed by atoms with E-state index >= 15 is 0 Å². The minimum absolute atomic E-state index is 0.133. The molecule has 0 saturated heterocycles. The molecule has 3 saturated carbocycles. The van der Waals surface area contributed by atoms with Gasteiger partial charge in [-0.3, -0.25) is 9.59 Å². The zero-order chi connectivity index (χ0) is 28.1. The number of nitrogens with one attached hydrogen (secondary N) is 1. The molecule has 2 N–H and O–H groups in total. The lowest BCUT2D eigenvalue weighted by Gasteiger charge is -2.32. The quantitative estimate of drug-likeness (QED) is 0.343. The normalized spacial score (nSPS) is 22.8. The predicted molar refractivity (Wildman–Crippen MR) is 154 cm³/mol. The summed E-state index contributed by atoms with van der Waals surface area (Å²) in [6.45, 7) is 9.32. The summed E-state index contributed by atoms with van der Waals surface area (Å²) < 4.78 is 8.18. The summed E-state index contributed by atoms with van der Waals surface area (Å²) in [4.78, 5) is 24.8. The molecule has 3 aliphatic carbocycles. The number of carboxylic acids is 1. The first-order valence-electron chi connectivity index (χ1n) is 14.6. The Hall–Kier alpha value is -2.31. The van der Waals surface area contributed by atoms with E-state index in [0.29, 0.717) is 29.3 Å². The highest BCUT2D eigenvalue weighted by atomic mass is 35.5. The van der Waals surface area contributed by atoms with Crippen LogP contribution in [0.4, 0.5) is 0 Å². The molecule has 3 fully saturated rings. The van der Waals surface area contributed by atoms with Gasteiger partial charge in [0.1, 0.15) is 0 Å². The van der Waals surface area contributed by atoms with E-state index in [-0.39, 0.29) is 23.3 Å². The molecule has 6 nitrogen and oxygen atoms in total. The number of benzene rings is 1. The van der Waals surface area contributed by atoms with Crippen LogP contribution in [0.15, 0.2) is 18.2 Å². The highest BCUT2D eigenvalue weighted by molar-refractivity contribution is 6.36. The summed E-state index contributed by atoms with van der Waals surface area (Å²) >= 11 is 7.18. The van der Waals surface area contributed by atoms with Gasteiger partial charge in [-0.1, -0.05) is 43.9 Å². The highest BCUT2D eigenvalue weighted by Gasteiger charge is 2.41. The zero-order valence-corrected chi connectivity index (χ0v) is 24.8. The SMILES string of the molecule is COC(C)(C)c1cc(-c2c(Cl)c(C(=O)N[C@H]3C[C@H](C(=O)O)C3)c(C)n2CC2CCCCC2)cc(C2(C)CC2)c1. The summed E-state index contributed by atoms with van der Waals surface area (Å²) in [5, 5.41) is 12.8. The van der Waals surface area contributed by atoms with Crippen LogP contribution in [0.2, 0.25) is 5.02 Å². The first-order valence-corrected chi connectivity index (χ1v) is 14.9. The number of hydrogen-bond donors (Lipinski definition) is 2. The maximum absolute atomic E-state index is 13.6. The molecule has 0 spiro atoms. The zero-order valence-electron chi connectivity index (χ0n) is 24.0. The second-order valence-corrected chi connectivity index (χ2v) is 13.4. The van der Waals surface area contributed by atoms with Crippen LogP contribution in [0.1, 0.15) is 106 Å². The number of hydrogen-bond acceptors (Lipinski definition) is 3. The van der Waals surface area contributed by atoms with Crippen molar-refractivity contribution in [1.29, 1.82) is 0 Å². The third kappa shape index (κ3) is 5.52. The number of aromatic nitrogens is 1. The number of halogens is 1. The molecule has 7 heteroatoms. The molecule has 1 aromatic heterocycles. The lowest BCUT2D eigenvalue weighted by Crippen LogP contribution is -2.46. The molecule has 0 bridgehead atoms. The molecule has 2 aromatic rings. The average molecular weight is 555 g/mol. The Morgan fingerprint density at radius 1 is 1.15 bits per heavy atom. The monoisotopic (exact) mass is 554 g/mol. The Bertz CT molecular complexity index is 1260. The fourth-order valence-corrected chi connectivity index (χ4v) is 6.78. The number of carbonyl (C=O) groups excluding carboxylic acids is 1. The van der Waals surface area contributed by atoms with Crippen LogP contribution >= 0.6 is 11.6 Å². The first-order chi connectivity index (χ1) is 18.4. The van der Waals surface area contributed by atoms with Gasteiger partial charge in [0.25, 0.3) is 5.91 Å². The number of methoxy groups -OCH3 is 1. The second-order valence-electron chi connectivity index (χ2n) is 13.0. The van der Waals surface area contributed by atoms with Crippen LogP contribution in [-0.4, -0.2) is 34.7 Å². The minimum Gasteiger partial charge on any atom is -0.481 e. The third-order valence-electron chi connectivity index (χ3n) is 9.79. The van der Waals surface area contributed by atoms with Gasteiger partial charge in [-0.25, -0.2) is 0 Å². The smallest absolute Gasteiger partial charge is 0.306 e. The van der Waals surface area contributed by atoms with Gasteiger partial charge in [0.2, 0.25) is 0 Å². The van der Waals surface area contributed by atoms with Crippen LogP contribution < -0.4 is 5.32 Å². The highest BCUT2D eigenvalue weighted by Crippen LogP contribution is 2.50. The maximum atomic E-state index is 13.6. The van der Waals surface area contributed by atoms with Crippen molar-refractivity contribution in [3.8, 4) is 11.3 Å². The van der Waals surface area contributed by atoms with E-state index in [1.807, 2.05) is 6.92 Å². The summed E-state index contributed by atoms with van der Waals surface area (Å²) in [5.41, 5.74) is 5.40. The van der Waals surface area contributed by atoms with E-state index in [0.717, 1.165) is 41.9 Å². The molecule has 39 heavy (non-hydrogen) atoms. The van der Waals surface area contributed by atoms with E-state index in [1.54, 1.807) is 7.11 Å². The summed E-state index contributed by atoms with van der Waals surface area (Å²) in [6, 6.07) is 6.59. The van der Waals surface area contributed by atoms with Gasteiger partial charge < -0.3 is 19.7 Å². The Morgan fingerprint density at radius 2 is 1.82 bits per heavy atom. The largest absolute Gasteiger partial charge is 0.481 e. The first kappa shape index (κ1) is 28.2. The summed E-state index contributed by atoms with van der Waals surface area (Å²) in [5.74, 6) is -0.836. The minimum atomic E-state index is -0.797. The fraction of sp³-hybridized carbons (Fsp3) is 0.625. The molecule has 0 unspecified atom stereocenters. The van der Waals surface area contributed by atoms with E-state index in [4.69, 9.17) is 16.3 Å². The molecular formula is C32H43ClN2O4. The molecule has 3 aliphatic rings. The molecule has 5 rings (SSSR count). The molecule has 1 amide bonds. The number of rotatable bonds is 9.